The molecule has 1 atom stereocenters. The van der Waals surface area contributed by atoms with Crippen molar-refractivity contribution < 1.29 is 5.11 Å². The molecule has 0 radical (unpaired) electrons. The van der Waals surface area contributed by atoms with Gasteiger partial charge in [-0.3, -0.25) is 0 Å². The van der Waals surface area contributed by atoms with Gasteiger partial charge in [-0.2, -0.15) is 11.8 Å². The highest BCUT2D eigenvalue weighted by Crippen LogP contribution is 2.34. The van der Waals surface area contributed by atoms with Gasteiger partial charge in [-0.1, -0.05) is 42.6 Å². The van der Waals surface area contributed by atoms with Gasteiger partial charge in [0.2, 0.25) is 0 Å². The van der Waals surface area contributed by atoms with Crippen molar-refractivity contribution in [2.75, 3.05) is 11.5 Å². The Bertz CT molecular complexity index is 592. The van der Waals surface area contributed by atoms with Gasteiger partial charge >= 0.3 is 0 Å². The Balaban J connectivity index is 2.23. The monoisotopic (exact) mass is 358 g/mol. The number of imidazole rings is 1. The summed E-state index contributed by atoms with van der Waals surface area (Å²) in [6.07, 6.45) is 7.53. The molecule has 0 aliphatic carbocycles. The first kappa shape index (κ1) is 17.7. The minimum atomic E-state index is -1.05. The van der Waals surface area contributed by atoms with Gasteiger partial charge in [-0.25, -0.2) is 4.98 Å². The van der Waals surface area contributed by atoms with Crippen LogP contribution in [0.5, 0.6) is 0 Å². The number of aromatic nitrogens is 2. The van der Waals surface area contributed by atoms with Crippen LogP contribution in [-0.2, 0) is 12.1 Å². The highest BCUT2D eigenvalue weighted by Gasteiger charge is 2.32. The van der Waals surface area contributed by atoms with E-state index >= 15 is 0 Å². The molecule has 0 bridgehead atoms. The van der Waals surface area contributed by atoms with Crippen LogP contribution >= 0.6 is 35.0 Å². The predicted octanol–water partition coefficient (Wildman–Crippen LogP) is 4.61. The summed E-state index contributed by atoms with van der Waals surface area (Å²) in [6.45, 7) is 2.57. The fourth-order valence-electron chi connectivity index (χ4n) is 2.25. The Kier molecular flexibility index (Phi) is 6.63. The van der Waals surface area contributed by atoms with Crippen LogP contribution in [0, 0.1) is 0 Å². The number of halogens is 2. The summed E-state index contributed by atoms with van der Waals surface area (Å²) < 4.78 is 1.87. The number of aliphatic hydroxyl groups is 1. The molecule has 0 saturated carbocycles. The molecule has 0 aliphatic heterocycles. The maximum absolute atomic E-state index is 11.2. The molecule has 0 unspecified atom stereocenters. The lowest BCUT2D eigenvalue weighted by molar-refractivity contribution is 0.0435. The van der Waals surface area contributed by atoms with Crippen LogP contribution in [0.3, 0.4) is 0 Å². The number of nitrogens with zero attached hydrogens (tertiary/aromatic N) is 2. The fourth-order valence-corrected chi connectivity index (χ4v) is 4.05. The van der Waals surface area contributed by atoms with E-state index in [0.29, 0.717) is 27.9 Å². The minimum Gasteiger partial charge on any atom is -0.382 e. The maximum Gasteiger partial charge on any atom is 0.118 e. The van der Waals surface area contributed by atoms with Crippen LogP contribution in [0.1, 0.15) is 25.3 Å². The van der Waals surface area contributed by atoms with Gasteiger partial charge < -0.3 is 9.67 Å². The summed E-state index contributed by atoms with van der Waals surface area (Å²) in [7, 11) is 0. The predicted molar refractivity (Wildman–Crippen MR) is 94.8 cm³/mol. The number of unbranched alkanes of at least 4 members (excludes halogenated alkanes) is 1. The summed E-state index contributed by atoms with van der Waals surface area (Å²) in [4.78, 5) is 4.04. The smallest absolute Gasteiger partial charge is 0.118 e. The molecule has 2 rings (SSSR count). The van der Waals surface area contributed by atoms with Crippen molar-refractivity contribution in [3.8, 4) is 0 Å². The summed E-state index contributed by atoms with van der Waals surface area (Å²) in [5.41, 5.74) is -0.350. The second-order valence-corrected chi connectivity index (χ2v) is 7.25. The number of hydrogen-bond acceptors (Lipinski definition) is 3. The molecule has 22 heavy (non-hydrogen) atoms. The first-order chi connectivity index (χ1) is 10.5. The Morgan fingerprint density at radius 1 is 1.36 bits per heavy atom. The molecule has 1 aromatic heterocycles. The molecule has 0 amide bonds. The van der Waals surface area contributed by atoms with Crippen molar-refractivity contribution in [2.24, 2.45) is 0 Å². The second kappa shape index (κ2) is 8.25. The van der Waals surface area contributed by atoms with Gasteiger partial charge in [-0.15, -0.1) is 0 Å². The normalized spacial score (nSPS) is 14.0. The molecule has 1 aromatic carbocycles. The number of thioether (sulfide) groups is 1. The fraction of sp³-hybridized carbons (Fsp3) is 0.438. The lowest BCUT2D eigenvalue weighted by Crippen LogP contribution is -2.34. The van der Waals surface area contributed by atoms with Crippen LogP contribution in [-0.4, -0.2) is 26.2 Å². The lowest BCUT2D eigenvalue weighted by atomic mass is 9.95. The average molecular weight is 359 g/mol. The van der Waals surface area contributed by atoms with E-state index in [2.05, 4.69) is 11.9 Å². The van der Waals surface area contributed by atoms with E-state index in [-0.39, 0.29) is 0 Å². The summed E-state index contributed by atoms with van der Waals surface area (Å²) in [5.74, 6) is 1.60. The van der Waals surface area contributed by atoms with E-state index in [1.807, 2.05) is 16.8 Å². The molecular formula is C16H20Cl2N2OS. The van der Waals surface area contributed by atoms with Gasteiger partial charge in [0.25, 0.3) is 0 Å². The summed E-state index contributed by atoms with van der Waals surface area (Å²) >= 11 is 14.0. The maximum atomic E-state index is 11.2. The van der Waals surface area contributed by atoms with Crippen LogP contribution in [0.15, 0.2) is 36.9 Å². The molecule has 120 valence electrons. The highest BCUT2D eigenvalue weighted by molar-refractivity contribution is 7.99. The van der Waals surface area contributed by atoms with Crippen molar-refractivity contribution in [3.63, 3.8) is 0 Å². The SMILES string of the molecule is CCCCSC[C@](O)(Cn1ccnc1)c1ccc(Cl)cc1Cl. The quantitative estimate of drug-likeness (QED) is 0.700. The first-order valence-electron chi connectivity index (χ1n) is 7.26. The van der Waals surface area contributed by atoms with E-state index in [0.717, 1.165) is 18.6 Å². The standard InChI is InChI=1S/C16H20Cl2N2OS/c1-2-3-8-22-11-16(21,10-20-7-6-19-12-20)14-5-4-13(17)9-15(14)18/h4-7,9,12,21H,2-3,8,10-11H2,1H3/t16-/m1/s1. The third kappa shape index (κ3) is 4.66. The van der Waals surface area contributed by atoms with E-state index in [1.165, 1.54) is 0 Å². The van der Waals surface area contributed by atoms with Crippen LogP contribution in [0.4, 0.5) is 0 Å². The second-order valence-electron chi connectivity index (χ2n) is 5.30. The zero-order chi connectivity index (χ0) is 16.0. The molecule has 0 fully saturated rings. The van der Waals surface area contributed by atoms with Crippen molar-refractivity contribution in [1.82, 2.24) is 9.55 Å². The van der Waals surface area contributed by atoms with Crippen molar-refractivity contribution in [1.29, 1.82) is 0 Å². The highest BCUT2D eigenvalue weighted by atomic mass is 35.5. The minimum absolute atomic E-state index is 0.410. The van der Waals surface area contributed by atoms with Gasteiger partial charge in [0, 0.05) is 33.8 Å². The van der Waals surface area contributed by atoms with Gasteiger partial charge in [0.1, 0.15) is 5.60 Å². The van der Waals surface area contributed by atoms with E-state index < -0.39 is 5.60 Å². The van der Waals surface area contributed by atoms with E-state index in [1.54, 1.807) is 36.4 Å². The van der Waals surface area contributed by atoms with Crippen molar-refractivity contribution >= 4 is 35.0 Å². The zero-order valence-electron chi connectivity index (χ0n) is 12.5. The Hall–Kier alpha value is -0.680. The summed E-state index contributed by atoms with van der Waals surface area (Å²) in [5, 5.41) is 12.3. The molecule has 1 heterocycles. The molecule has 1 N–H and O–H groups in total. The Morgan fingerprint density at radius 2 is 2.18 bits per heavy atom. The average Bonchev–Trinajstić information content (AvgIpc) is 2.96. The molecule has 6 heteroatoms. The molecule has 0 saturated heterocycles. The number of hydrogen-bond donors (Lipinski definition) is 1. The molecule has 3 nitrogen and oxygen atoms in total. The van der Waals surface area contributed by atoms with Crippen LogP contribution in [0.25, 0.3) is 0 Å². The lowest BCUT2D eigenvalue weighted by Gasteiger charge is -2.30. The summed E-state index contributed by atoms with van der Waals surface area (Å²) in [6, 6.07) is 5.24. The Labute approximate surface area is 145 Å². The third-order valence-corrected chi connectivity index (χ3v) is 5.23. The topological polar surface area (TPSA) is 38.0 Å². The number of benzene rings is 1. The van der Waals surface area contributed by atoms with Crippen molar-refractivity contribution in [2.45, 2.75) is 31.9 Å². The molecule has 0 spiro atoms. The molecular weight excluding hydrogens is 339 g/mol. The first-order valence-corrected chi connectivity index (χ1v) is 9.17. The van der Waals surface area contributed by atoms with Gasteiger partial charge in [0.15, 0.2) is 0 Å². The van der Waals surface area contributed by atoms with Crippen molar-refractivity contribution in [3.05, 3.63) is 52.5 Å². The van der Waals surface area contributed by atoms with Gasteiger partial charge in [0.05, 0.1) is 12.9 Å². The zero-order valence-corrected chi connectivity index (χ0v) is 14.8. The third-order valence-electron chi connectivity index (χ3n) is 3.42. The van der Waals surface area contributed by atoms with Crippen LogP contribution in [0.2, 0.25) is 10.0 Å². The Morgan fingerprint density at radius 3 is 2.82 bits per heavy atom. The largest absolute Gasteiger partial charge is 0.382 e. The van der Waals surface area contributed by atoms with Crippen LogP contribution < -0.4 is 0 Å². The number of rotatable bonds is 8. The van der Waals surface area contributed by atoms with E-state index in [9.17, 15) is 5.11 Å². The molecule has 2 aromatic rings. The van der Waals surface area contributed by atoms with Gasteiger partial charge in [-0.05, 0) is 24.3 Å². The van der Waals surface area contributed by atoms with E-state index in [4.69, 9.17) is 23.2 Å². The molecule has 0 aliphatic rings.